The Hall–Kier alpha value is -1.82. The van der Waals surface area contributed by atoms with Crippen LogP contribution in [0.1, 0.15) is 78.8 Å². The van der Waals surface area contributed by atoms with Crippen LogP contribution in [0.25, 0.3) is 24.3 Å². The second-order valence-electron chi connectivity index (χ2n) is 6.26. The zero-order valence-electron chi connectivity index (χ0n) is 13.3. The normalized spacial score (nSPS) is 23.2. The molecule has 0 spiro atoms. The molecular formula is C21H24. The standard InChI is InChI=1S/C21H24/c1-5-9-17-16(6-2)20-14(3)11-8-13-19(20)21-15(4)10-7-12-18(17)21/h5-9,12-15H,2,10-11H2,1,3-4H3/b9-5-. The average Bonchev–Trinajstić information content (AvgIpc) is 2.48. The third kappa shape index (κ3) is 2.14. The second kappa shape index (κ2) is 5.52. The molecule has 1 aromatic rings. The minimum absolute atomic E-state index is 0.574. The third-order valence-electron chi connectivity index (χ3n) is 4.81. The topological polar surface area (TPSA) is 0 Å². The molecule has 21 heavy (non-hydrogen) atoms. The molecule has 0 radical (unpaired) electrons. The van der Waals surface area contributed by atoms with E-state index in [1.165, 1.54) is 33.4 Å². The van der Waals surface area contributed by atoms with Gasteiger partial charge in [0.25, 0.3) is 0 Å². The van der Waals surface area contributed by atoms with Crippen molar-refractivity contribution in [1.82, 2.24) is 0 Å². The Morgan fingerprint density at radius 2 is 1.57 bits per heavy atom. The maximum absolute atomic E-state index is 4.10. The van der Waals surface area contributed by atoms with Crippen molar-refractivity contribution in [2.24, 2.45) is 0 Å². The van der Waals surface area contributed by atoms with Crippen molar-refractivity contribution in [1.29, 1.82) is 0 Å². The van der Waals surface area contributed by atoms with Crippen molar-refractivity contribution < 1.29 is 0 Å². The highest BCUT2D eigenvalue weighted by Crippen LogP contribution is 2.44. The molecule has 0 N–H and O–H groups in total. The Labute approximate surface area is 128 Å². The van der Waals surface area contributed by atoms with Gasteiger partial charge in [0, 0.05) is 0 Å². The first-order valence-electron chi connectivity index (χ1n) is 8.01. The van der Waals surface area contributed by atoms with Gasteiger partial charge < -0.3 is 0 Å². The van der Waals surface area contributed by atoms with Crippen LogP contribution >= 0.6 is 0 Å². The van der Waals surface area contributed by atoms with Crippen LogP contribution in [0.5, 0.6) is 0 Å². The van der Waals surface area contributed by atoms with E-state index in [4.69, 9.17) is 0 Å². The fourth-order valence-corrected chi connectivity index (χ4v) is 3.87. The van der Waals surface area contributed by atoms with Gasteiger partial charge in [-0.15, -0.1) is 0 Å². The second-order valence-corrected chi connectivity index (χ2v) is 6.26. The molecule has 0 aromatic heterocycles. The molecule has 0 saturated carbocycles. The van der Waals surface area contributed by atoms with Gasteiger partial charge in [-0.2, -0.15) is 0 Å². The van der Waals surface area contributed by atoms with E-state index < -0.39 is 0 Å². The van der Waals surface area contributed by atoms with Crippen LogP contribution in [0.2, 0.25) is 0 Å². The van der Waals surface area contributed by atoms with E-state index in [0.29, 0.717) is 11.8 Å². The van der Waals surface area contributed by atoms with E-state index in [9.17, 15) is 0 Å². The van der Waals surface area contributed by atoms with E-state index in [-0.39, 0.29) is 0 Å². The Bertz CT molecular complexity index is 668. The summed E-state index contributed by atoms with van der Waals surface area (Å²) in [6.45, 7) is 10.9. The number of benzene rings is 1. The maximum atomic E-state index is 4.10. The maximum Gasteiger partial charge on any atom is -0.0109 e. The minimum Gasteiger partial charge on any atom is -0.0984 e. The molecule has 0 heteroatoms. The van der Waals surface area contributed by atoms with Crippen LogP contribution in [0, 0.1) is 0 Å². The molecule has 0 saturated heterocycles. The summed E-state index contributed by atoms with van der Waals surface area (Å²) < 4.78 is 0. The smallest absolute Gasteiger partial charge is 0.0109 e. The van der Waals surface area contributed by atoms with Gasteiger partial charge in [-0.25, -0.2) is 0 Å². The van der Waals surface area contributed by atoms with Gasteiger partial charge in [-0.1, -0.05) is 63.0 Å². The molecule has 2 aliphatic carbocycles. The summed E-state index contributed by atoms with van der Waals surface area (Å²) in [6, 6.07) is 0. The largest absolute Gasteiger partial charge is 0.0984 e. The molecule has 2 unspecified atom stereocenters. The highest BCUT2D eigenvalue weighted by molar-refractivity contribution is 5.84. The molecule has 1 aromatic carbocycles. The quantitative estimate of drug-likeness (QED) is 0.586. The molecular weight excluding hydrogens is 252 g/mol. The van der Waals surface area contributed by atoms with Gasteiger partial charge in [0.2, 0.25) is 0 Å². The number of rotatable bonds is 2. The molecule has 0 fully saturated rings. The summed E-state index contributed by atoms with van der Waals surface area (Å²) in [7, 11) is 0. The Balaban J connectivity index is 2.46. The first kappa shape index (κ1) is 14.1. The minimum atomic E-state index is 0.574. The predicted molar refractivity (Wildman–Crippen MR) is 95.4 cm³/mol. The third-order valence-corrected chi connectivity index (χ3v) is 4.81. The van der Waals surface area contributed by atoms with Gasteiger partial charge in [-0.3, -0.25) is 0 Å². The van der Waals surface area contributed by atoms with Crippen LogP contribution < -0.4 is 0 Å². The molecule has 0 nitrogen and oxygen atoms in total. The first-order valence-corrected chi connectivity index (χ1v) is 8.01. The lowest BCUT2D eigenvalue weighted by atomic mass is 9.73. The summed E-state index contributed by atoms with van der Waals surface area (Å²) in [4.78, 5) is 0. The SMILES string of the molecule is C=Cc1c(/C=C\C)c2c(c3c1C(C)CC=C3)C(C)CC=C2. The van der Waals surface area contributed by atoms with Gasteiger partial charge >= 0.3 is 0 Å². The van der Waals surface area contributed by atoms with Gasteiger partial charge in [0.05, 0.1) is 0 Å². The summed E-state index contributed by atoms with van der Waals surface area (Å²) in [5.41, 5.74) is 8.59. The van der Waals surface area contributed by atoms with Crippen LogP contribution in [0.3, 0.4) is 0 Å². The number of hydrogen-bond acceptors (Lipinski definition) is 0. The van der Waals surface area contributed by atoms with Crippen LogP contribution in [-0.2, 0) is 0 Å². The highest BCUT2D eigenvalue weighted by atomic mass is 14.3. The molecule has 108 valence electrons. The summed E-state index contributed by atoms with van der Waals surface area (Å²) >= 11 is 0. The summed E-state index contributed by atoms with van der Waals surface area (Å²) in [5.74, 6) is 1.17. The zero-order valence-corrected chi connectivity index (χ0v) is 13.3. The van der Waals surface area contributed by atoms with E-state index in [1.807, 2.05) is 0 Å². The fraction of sp³-hybridized carbons (Fsp3) is 0.333. The Kier molecular flexibility index (Phi) is 3.71. The molecule has 3 rings (SSSR count). The fourth-order valence-electron chi connectivity index (χ4n) is 3.87. The molecule has 0 heterocycles. The monoisotopic (exact) mass is 276 g/mol. The zero-order chi connectivity index (χ0) is 15.0. The van der Waals surface area contributed by atoms with Gasteiger partial charge in [-0.05, 0) is 65.0 Å². The Morgan fingerprint density at radius 1 is 0.952 bits per heavy atom. The highest BCUT2D eigenvalue weighted by Gasteiger charge is 2.27. The van der Waals surface area contributed by atoms with Crippen molar-refractivity contribution in [3.05, 3.63) is 58.2 Å². The van der Waals surface area contributed by atoms with E-state index in [2.05, 4.69) is 69.9 Å². The number of hydrogen-bond donors (Lipinski definition) is 0. The van der Waals surface area contributed by atoms with Crippen molar-refractivity contribution in [3.63, 3.8) is 0 Å². The van der Waals surface area contributed by atoms with Gasteiger partial charge in [0.1, 0.15) is 0 Å². The van der Waals surface area contributed by atoms with E-state index in [1.54, 1.807) is 0 Å². The molecule has 0 aliphatic heterocycles. The van der Waals surface area contributed by atoms with E-state index in [0.717, 1.165) is 12.8 Å². The van der Waals surface area contributed by atoms with Crippen LogP contribution in [0.15, 0.2) is 24.8 Å². The first-order chi connectivity index (χ1) is 10.2. The van der Waals surface area contributed by atoms with E-state index >= 15 is 0 Å². The lowest BCUT2D eigenvalue weighted by Gasteiger charge is -2.31. The van der Waals surface area contributed by atoms with Crippen molar-refractivity contribution in [2.75, 3.05) is 0 Å². The van der Waals surface area contributed by atoms with Crippen LogP contribution in [0.4, 0.5) is 0 Å². The van der Waals surface area contributed by atoms with Gasteiger partial charge in [0.15, 0.2) is 0 Å². The lowest BCUT2D eigenvalue weighted by molar-refractivity contribution is 0.736. The summed E-state index contributed by atoms with van der Waals surface area (Å²) in [5, 5.41) is 0. The Morgan fingerprint density at radius 3 is 2.19 bits per heavy atom. The molecule has 0 amide bonds. The molecule has 0 bridgehead atoms. The van der Waals surface area contributed by atoms with Crippen molar-refractivity contribution in [2.45, 2.75) is 45.4 Å². The predicted octanol–water partition coefficient (Wildman–Crippen LogP) is 6.40. The average molecular weight is 276 g/mol. The lowest BCUT2D eigenvalue weighted by Crippen LogP contribution is -2.13. The molecule has 2 aliphatic rings. The van der Waals surface area contributed by atoms with Crippen molar-refractivity contribution in [3.8, 4) is 0 Å². The number of allylic oxidation sites excluding steroid dienone is 3. The summed E-state index contributed by atoms with van der Waals surface area (Å²) in [6.07, 6.45) is 18.0. The van der Waals surface area contributed by atoms with Crippen LogP contribution in [-0.4, -0.2) is 0 Å². The number of fused-ring (bicyclic) bond motifs is 3. The molecule has 2 atom stereocenters. The van der Waals surface area contributed by atoms with Crippen molar-refractivity contribution >= 4 is 24.3 Å².